The summed E-state index contributed by atoms with van der Waals surface area (Å²) in [4.78, 5) is 12.1. The number of nitrogens with one attached hydrogen (secondary N) is 2. The van der Waals surface area contributed by atoms with Gasteiger partial charge >= 0.3 is 6.03 Å². The minimum atomic E-state index is -0.272. The molecule has 0 aliphatic carbocycles. The molecular formula is C18H26N4O2. The predicted octanol–water partition coefficient (Wildman–Crippen LogP) is 2.64. The second-order valence-electron chi connectivity index (χ2n) is 6.39. The van der Waals surface area contributed by atoms with Crippen molar-refractivity contribution in [1.29, 1.82) is 0 Å². The van der Waals surface area contributed by atoms with Gasteiger partial charge < -0.3 is 15.7 Å². The van der Waals surface area contributed by atoms with Crippen molar-refractivity contribution in [1.82, 2.24) is 20.4 Å². The largest absolute Gasteiger partial charge is 0.394 e. The number of rotatable bonds is 7. The van der Waals surface area contributed by atoms with Crippen LogP contribution in [0.25, 0.3) is 5.69 Å². The fourth-order valence-corrected chi connectivity index (χ4v) is 2.61. The first-order valence-corrected chi connectivity index (χ1v) is 8.27. The lowest BCUT2D eigenvalue weighted by atomic mass is 10.0. The van der Waals surface area contributed by atoms with E-state index in [0.29, 0.717) is 5.92 Å². The van der Waals surface area contributed by atoms with E-state index in [1.165, 1.54) is 0 Å². The summed E-state index contributed by atoms with van der Waals surface area (Å²) in [6.07, 6.45) is 4.35. The van der Waals surface area contributed by atoms with Crippen molar-refractivity contribution < 1.29 is 9.90 Å². The molecule has 0 spiro atoms. The zero-order valence-corrected chi connectivity index (χ0v) is 14.4. The highest BCUT2D eigenvalue weighted by Crippen LogP contribution is 2.16. The van der Waals surface area contributed by atoms with Crippen LogP contribution in [-0.4, -0.2) is 33.6 Å². The van der Waals surface area contributed by atoms with Gasteiger partial charge in [0.1, 0.15) is 0 Å². The van der Waals surface area contributed by atoms with Gasteiger partial charge in [0, 0.05) is 12.4 Å². The second-order valence-corrected chi connectivity index (χ2v) is 6.39. The molecule has 6 nitrogen and oxygen atoms in total. The van der Waals surface area contributed by atoms with Crippen molar-refractivity contribution in [2.45, 2.75) is 39.3 Å². The van der Waals surface area contributed by atoms with Crippen molar-refractivity contribution in [3.8, 4) is 5.69 Å². The van der Waals surface area contributed by atoms with Crippen molar-refractivity contribution in [2.75, 3.05) is 6.61 Å². The van der Waals surface area contributed by atoms with Gasteiger partial charge in [-0.1, -0.05) is 26.0 Å². The van der Waals surface area contributed by atoms with Crippen molar-refractivity contribution in [2.24, 2.45) is 5.92 Å². The molecule has 1 heterocycles. The third kappa shape index (κ3) is 5.09. The maximum Gasteiger partial charge on any atom is 0.315 e. The normalized spacial score (nSPS) is 13.5. The standard InChI is InChI=1S/C18H26N4O2/c1-13(2)10-16(12-23)21-18(24)20-14(3)15-6-4-7-17(11-15)22-9-5-8-19-22/h4-9,11,13-14,16,23H,10,12H2,1-3H3,(H2,20,21,24). The predicted molar refractivity (Wildman–Crippen MR) is 94.0 cm³/mol. The maximum atomic E-state index is 12.1. The van der Waals surface area contributed by atoms with Crippen LogP contribution < -0.4 is 10.6 Å². The molecule has 0 bridgehead atoms. The summed E-state index contributed by atoms with van der Waals surface area (Å²) < 4.78 is 1.78. The molecule has 1 aromatic heterocycles. The Kier molecular flexibility index (Phi) is 6.37. The molecule has 24 heavy (non-hydrogen) atoms. The van der Waals surface area contributed by atoms with Gasteiger partial charge in [-0.3, -0.25) is 0 Å². The highest BCUT2D eigenvalue weighted by atomic mass is 16.3. The second kappa shape index (κ2) is 8.49. The number of nitrogens with zero attached hydrogens (tertiary/aromatic N) is 2. The Morgan fingerprint density at radius 3 is 2.67 bits per heavy atom. The van der Waals surface area contributed by atoms with Crippen molar-refractivity contribution in [3.05, 3.63) is 48.3 Å². The number of aliphatic hydroxyl groups excluding tert-OH is 1. The summed E-state index contributed by atoms with van der Waals surface area (Å²) in [6, 6.07) is 9.08. The first-order chi connectivity index (χ1) is 11.5. The topological polar surface area (TPSA) is 79.2 Å². The molecule has 1 aromatic carbocycles. The zero-order valence-electron chi connectivity index (χ0n) is 14.4. The average Bonchev–Trinajstić information content (AvgIpc) is 3.08. The van der Waals surface area contributed by atoms with Crippen LogP contribution in [0.3, 0.4) is 0 Å². The highest BCUT2D eigenvalue weighted by Gasteiger charge is 2.15. The van der Waals surface area contributed by atoms with Crippen LogP contribution in [-0.2, 0) is 0 Å². The Bertz CT molecular complexity index is 640. The van der Waals surface area contributed by atoms with Gasteiger partial charge in [0.2, 0.25) is 0 Å². The van der Waals surface area contributed by atoms with Crippen molar-refractivity contribution in [3.63, 3.8) is 0 Å². The molecule has 0 aliphatic heterocycles. The summed E-state index contributed by atoms with van der Waals surface area (Å²) in [5, 5.41) is 19.3. The Labute approximate surface area is 142 Å². The third-order valence-electron chi connectivity index (χ3n) is 3.80. The van der Waals surface area contributed by atoms with Crippen LogP contribution in [0, 0.1) is 5.92 Å². The van der Waals surface area contributed by atoms with E-state index in [1.807, 2.05) is 43.5 Å². The van der Waals surface area contributed by atoms with Gasteiger partial charge in [0.15, 0.2) is 0 Å². The molecule has 130 valence electrons. The Morgan fingerprint density at radius 1 is 1.25 bits per heavy atom. The Balaban J connectivity index is 1.98. The summed E-state index contributed by atoms with van der Waals surface area (Å²) >= 11 is 0. The zero-order chi connectivity index (χ0) is 17.5. The number of carbonyl (C=O) groups excluding carboxylic acids is 1. The molecule has 2 unspecified atom stereocenters. The van der Waals surface area contributed by atoms with Crippen LogP contribution in [0.15, 0.2) is 42.7 Å². The Morgan fingerprint density at radius 2 is 2.04 bits per heavy atom. The number of aromatic nitrogens is 2. The molecule has 2 atom stereocenters. The molecular weight excluding hydrogens is 304 g/mol. The third-order valence-corrected chi connectivity index (χ3v) is 3.80. The van der Waals surface area contributed by atoms with Crippen LogP contribution in [0.5, 0.6) is 0 Å². The lowest BCUT2D eigenvalue weighted by Gasteiger charge is -2.21. The lowest BCUT2D eigenvalue weighted by molar-refractivity contribution is 0.205. The minimum Gasteiger partial charge on any atom is -0.394 e. The maximum absolute atomic E-state index is 12.1. The highest BCUT2D eigenvalue weighted by molar-refractivity contribution is 5.74. The molecule has 2 aromatic rings. The number of aliphatic hydroxyl groups is 1. The molecule has 0 saturated heterocycles. The molecule has 2 rings (SSSR count). The SMILES string of the molecule is CC(C)CC(CO)NC(=O)NC(C)c1cccc(-n2cccn2)c1. The number of benzene rings is 1. The Hall–Kier alpha value is -2.34. The van der Waals surface area contributed by atoms with Gasteiger partial charge in [0.25, 0.3) is 0 Å². The van der Waals surface area contributed by atoms with Gasteiger partial charge in [-0.2, -0.15) is 5.10 Å². The number of hydrogen-bond acceptors (Lipinski definition) is 3. The van der Waals surface area contributed by atoms with E-state index in [1.54, 1.807) is 10.9 Å². The minimum absolute atomic E-state index is 0.0607. The van der Waals surface area contributed by atoms with Crippen LogP contribution in [0.2, 0.25) is 0 Å². The molecule has 6 heteroatoms. The molecule has 2 amide bonds. The van der Waals surface area contributed by atoms with E-state index in [-0.39, 0.29) is 24.7 Å². The van der Waals surface area contributed by atoms with E-state index < -0.39 is 0 Å². The quantitative estimate of drug-likeness (QED) is 0.730. The fraction of sp³-hybridized carbons (Fsp3) is 0.444. The van der Waals surface area contributed by atoms with E-state index in [9.17, 15) is 9.90 Å². The summed E-state index contributed by atoms with van der Waals surface area (Å²) in [7, 11) is 0. The van der Waals surface area contributed by atoms with Crippen LogP contribution in [0.4, 0.5) is 4.79 Å². The van der Waals surface area contributed by atoms with Gasteiger partial charge in [-0.15, -0.1) is 0 Å². The van der Waals surface area contributed by atoms with Crippen LogP contribution >= 0.6 is 0 Å². The monoisotopic (exact) mass is 330 g/mol. The van der Waals surface area contributed by atoms with E-state index >= 15 is 0 Å². The molecule has 3 N–H and O–H groups in total. The van der Waals surface area contributed by atoms with Gasteiger partial charge in [-0.25, -0.2) is 9.48 Å². The smallest absolute Gasteiger partial charge is 0.315 e. The number of amides is 2. The molecule has 0 aliphatic rings. The van der Waals surface area contributed by atoms with Gasteiger partial charge in [-0.05, 0) is 43.0 Å². The molecule has 0 radical (unpaired) electrons. The number of carbonyl (C=O) groups is 1. The average molecular weight is 330 g/mol. The summed E-state index contributed by atoms with van der Waals surface area (Å²) in [5.41, 5.74) is 1.93. The number of urea groups is 1. The fourth-order valence-electron chi connectivity index (χ4n) is 2.61. The number of hydrogen-bond donors (Lipinski definition) is 3. The van der Waals surface area contributed by atoms with Crippen LogP contribution in [0.1, 0.15) is 38.8 Å². The van der Waals surface area contributed by atoms with E-state index in [2.05, 4.69) is 29.6 Å². The molecule has 0 saturated carbocycles. The summed E-state index contributed by atoms with van der Waals surface area (Å²) in [6.45, 7) is 5.99. The first-order valence-electron chi connectivity index (χ1n) is 8.27. The van der Waals surface area contributed by atoms with Gasteiger partial charge in [0.05, 0.1) is 24.4 Å². The van der Waals surface area contributed by atoms with Crippen molar-refractivity contribution >= 4 is 6.03 Å². The first kappa shape index (κ1) is 18.0. The molecule has 0 fully saturated rings. The summed E-state index contributed by atoms with van der Waals surface area (Å²) in [5.74, 6) is 0.408. The van der Waals surface area contributed by atoms with E-state index in [0.717, 1.165) is 17.7 Å². The lowest BCUT2D eigenvalue weighted by Crippen LogP contribution is -2.45. The van der Waals surface area contributed by atoms with E-state index in [4.69, 9.17) is 0 Å².